The molecule has 6 aliphatic heterocycles. The Morgan fingerprint density at radius 3 is 2.28 bits per heavy atom. The third-order valence-corrected chi connectivity index (χ3v) is 15.4. The Balaban J connectivity index is 1.08. The van der Waals surface area contributed by atoms with Crippen LogP contribution in [0.5, 0.6) is 0 Å². The van der Waals surface area contributed by atoms with E-state index in [0.29, 0.717) is 49.2 Å². The van der Waals surface area contributed by atoms with Crippen LogP contribution in [0.15, 0.2) is 59.3 Å². The summed E-state index contributed by atoms with van der Waals surface area (Å²) in [5.41, 5.74) is 0.166. The Labute approximate surface area is 379 Å². The minimum Gasteiger partial charge on any atom is -0.462 e. The SMILES string of the molecule is CO[C@H]1C[C@H](O[C@@H]2[C@H](C)O[C@@H](O[C@H]3/C(C)=C/C[C@@H]4C[C@@H](C[C@]5(C=C[C@H](C)[C@@H](C6CCCCC6)O5)O4)OC(=O)[C@@H]4C=C(C)[C@@H](O)[C@H]5OC/C(=C\C=C\[C@@H]3C)[C@]54O)C[C@@H]2OC)O[C@@H](C)[C@@H]1O. The first-order valence-electron chi connectivity index (χ1n) is 24.0. The van der Waals surface area contributed by atoms with Crippen molar-refractivity contribution in [2.45, 2.75) is 203 Å². The molecule has 2 bridgehead atoms. The van der Waals surface area contributed by atoms with Crippen molar-refractivity contribution in [3.63, 3.8) is 0 Å². The van der Waals surface area contributed by atoms with Crippen LogP contribution in [0.4, 0.5) is 0 Å². The topological polar surface area (TPSA) is 170 Å². The zero-order valence-electron chi connectivity index (χ0n) is 39.0. The van der Waals surface area contributed by atoms with E-state index in [-0.39, 0.29) is 36.8 Å². The summed E-state index contributed by atoms with van der Waals surface area (Å²) in [6.07, 6.45) is 13.8. The molecule has 19 atom stereocenters. The number of hydrogen-bond acceptors (Lipinski definition) is 14. The predicted molar refractivity (Wildman–Crippen MR) is 234 cm³/mol. The molecule has 64 heavy (non-hydrogen) atoms. The second-order valence-electron chi connectivity index (χ2n) is 20.0. The van der Waals surface area contributed by atoms with Crippen LogP contribution in [0.2, 0.25) is 0 Å². The largest absolute Gasteiger partial charge is 0.462 e. The highest BCUT2D eigenvalue weighted by atomic mass is 16.7. The van der Waals surface area contributed by atoms with E-state index in [4.69, 9.17) is 47.4 Å². The number of rotatable bonds is 7. The van der Waals surface area contributed by atoms with Crippen LogP contribution in [0.3, 0.4) is 0 Å². The average molecular weight is 899 g/mol. The van der Waals surface area contributed by atoms with E-state index >= 15 is 0 Å². The molecule has 4 saturated heterocycles. The van der Waals surface area contributed by atoms with Crippen LogP contribution < -0.4 is 0 Å². The molecule has 14 nitrogen and oxygen atoms in total. The summed E-state index contributed by atoms with van der Waals surface area (Å²) >= 11 is 0. The van der Waals surface area contributed by atoms with Gasteiger partial charge in [0.05, 0.1) is 49.3 Å². The number of aliphatic hydroxyl groups is 3. The fraction of sp³-hybridized carbons (Fsp3) is 0.780. The van der Waals surface area contributed by atoms with Gasteiger partial charge in [-0.3, -0.25) is 4.79 Å². The zero-order chi connectivity index (χ0) is 45.5. The highest BCUT2D eigenvalue weighted by Gasteiger charge is 2.60. The number of allylic oxidation sites excluding steroid dienone is 2. The Morgan fingerprint density at radius 1 is 0.812 bits per heavy atom. The van der Waals surface area contributed by atoms with Gasteiger partial charge in [-0.05, 0) is 75.7 Å². The second-order valence-corrected chi connectivity index (χ2v) is 20.0. The van der Waals surface area contributed by atoms with E-state index in [1.807, 2.05) is 25.2 Å². The number of aliphatic hydroxyl groups excluding tert-OH is 2. The van der Waals surface area contributed by atoms with Gasteiger partial charge in [-0.2, -0.15) is 0 Å². The molecule has 3 N–H and O–H groups in total. The molecule has 358 valence electrons. The van der Waals surface area contributed by atoms with Gasteiger partial charge < -0.3 is 62.7 Å². The van der Waals surface area contributed by atoms with E-state index in [2.05, 4.69) is 32.9 Å². The first-order valence-corrected chi connectivity index (χ1v) is 24.0. The molecular weight excluding hydrogens is 825 g/mol. The molecule has 14 heteroatoms. The Kier molecular flexibility index (Phi) is 15.1. The molecule has 5 fully saturated rings. The Hall–Kier alpha value is -2.31. The monoisotopic (exact) mass is 899 g/mol. The number of fused-ring (bicyclic) bond motifs is 2. The van der Waals surface area contributed by atoms with Crippen molar-refractivity contribution in [1.82, 2.24) is 0 Å². The zero-order valence-corrected chi connectivity index (χ0v) is 39.0. The minimum atomic E-state index is -1.83. The summed E-state index contributed by atoms with van der Waals surface area (Å²) in [6.45, 7) is 11.9. The number of ether oxygens (including phenoxy) is 10. The van der Waals surface area contributed by atoms with Crippen LogP contribution in [0.25, 0.3) is 0 Å². The standard InChI is InChI=1S/C50H74O14/c1-27-13-12-16-34-26-57-47-42(51)30(4)21-37(50(34,47)54)48(53)60-36-22-35(63-49(25-36)20-19-29(3)45(64-49)33-14-10-9-11-15-33)18-17-28(2)44(27)61-41-24-39(56-8)46(32(6)59-41)62-40-23-38(55-7)43(52)31(5)58-40/h12-13,16-17,19-21,27,29,31-33,35-47,51-52,54H,9-11,14-15,18,22-26H2,1-8H3/b13-12+,28-17+,34-16+/t27-,29-,31-,32-,35+,36-,37-,38-,39-,40-,41-,42+,43-,44+,45-,46+,47+,49+,50+/m0/s1. The summed E-state index contributed by atoms with van der Waals surface area (Å²) in [7, 11) is 3.23. The molecule has 1 spiro atoms. The highest BCUT2D eigenvalue weighted by molar-refractivity contribution is 5.78. The van der Waals surface area contributed by atoms with Crippen LogP contribution in [0.1, 0.15) is 106 Å². The van der Waals surface area contributed by atoms with Crippen LogP contribution in [0, 0.1) is 23.7 Å². The molecule has 0 aromatic heterocycles. The van der Waals surface area contributed by atoms with E-state index in [1.165, 1.54) is 19.3 Å². The quantitative estimate of drug-likeness (QED) is 0.204. The van der Waals surface area contributed by atoms with Gasteiger partial charge in [0.1, 0.15) is 42.0 Å². The second kappa shape index (κ2) is 20.1. The maximum absolute atomic E-state index is 14.4. The van der Waals surface area contributed by atoms with Crippen molar-refractivity contribution in [1.29, 1.82) is 0 Å². The maximum Gasteiger partial charge on any atom is 0.316 e. The molecule has 2 aliphatic carbocycles. The summed E-state index contributed by atoms with van der Waals surface area (Å²) < 4.78 is 64.1. The van der Waals surface area contributed by atoms with Crippen LogP contribution in [-0.4, -0.2) is 139 Å². The van der Waals surface area contributed by atoms with Crippen molar-refractivity contribution in [3.05, 3.63) is 59.3 Å². The summed E-state index contributed by atoms with van der Waals surface area (Å²) in [4.78, 5) is 14.4. The Bertz CT molecular complexity index is 1790. The lowest BCUT2D eigenvalue weighted by Crippen LogP contribution is -2.58. The third kappa shape index (κ3) is 9.82. The molecular formula is C50H74O14. The number of esters is 1. The number of carbonyl (C=O) groups is 1. The average Bonchev–Trinajstić information content (AvgIpc) is 3.62. The lowest BCUT2D eigenvalue weighted by Gasteiger charge is -2.49. The molecule has 8 aliphatic rings. The smallest absolute Gasteiger partial charge is 0.316 e. The normalized spacial score (nSPS) is 49.2. The summed E-state index contributed by atoms with van der Waals surface area (Å²) in [6, 6.07) is 0. The summed E-state index contributed by atoms with van der Waals surface area (Å²) in [5.74, 6) is -2.32. The lowest BCUT2D eigenvalue weighted by molar-refractivity contribution is -0.318. The molecule has 1 saturated carbocycles. The van der Waals surface area contributed by atoms with Gasteiger partial charge in [-0.15, -0.1) is 0 Å². The number of hydrogen-bond donors (Lipinski definition) is 3. The molecule has 8 rings (SSSR count). The predicted octanol–water partition coefficient (Wildman–Crippen LogP) is 5.91. The molecule has 0 radical (unpaired) electrons. The molecule has 0 aromatic rings. The molecule has 6 heterocycles. The van der Waals surface area contributed by atoms with Gasteiger partial charge >= 0.3 is 5.97 Å². The van der Waals surface area contributed by atoms with E-state index in [0.717, 1.165) is 18.4 Å². The van der Waals surface area contributed by atoms with Crippen molar-refractivity contribution >= 4 is 5.97 Å². The van der Waals surface area contributed by atoms with Crippen molar-refractivity contribution in [3.8, 4) is 0 Å². The van der Waals surface area contributed by atoms with Gasteiger partial charge in [0.25, 0.3) is 0 Å². The van der Waals surface area contributed by atoms with E-state index in [1.54, 1.807) is 40.2 Å². The van der Waals surface area contributed by atoms with Gasteiger partial charge in [-0.1, -0.05) is 69.6 Å². The van der Waals surface area contributed by atoms with Gasteiger partial charge in [0, 0.05) is 51.7 Å². The van der Waals surface area contributed by atoms with Crippen molar-refractivity contribution in [2.24, 2.45) is 23.7 Å². The third-order valence-electron chi connectivity index (χ3n) is 15.4. The minimum absolute atomic E-state index is 0.0242. The summed E-state index contributed by atoms with van der Waals surface area (Å²) in [5, 5.41) is 34.3. The highest BCUT2D eigenvalue weighted by Crippen LogP contribution is 2.48. The van der Waals surface area contributed by atoms with E-state index < -0.39 is 90.8 Å². The van der Waals surface area contributed by atoms with Gasteiger partial charge in [-0.25, -0.2) is 0 Å². The Morgan fingerprint density at radius 2 is 1.53 bits per heavy atom. The van der Waals surface area contributed by atoms with Crippen molar-refractivity contribution < 1.29 is 67.5 Å². The molecule has 0 aromatic carbocycles. The first kappa shape index (κ1) is 48.2. The molecule has 0 amide bonds. The maximum atomic E-state index is 14.4. The van der Waals surface area contributed by atoms with Gasteiger partial charge in [0.15, 0.2) is 18.4 Å². The van der Waals surface area contributed by atoms with Gasteiger partial charge in [0.2, 0.25) is 0 Å². The van der Waals surface area contributed by atoms with E-state index in [9.17, 15) is 20.1 Å². The fourth-order valence-electron chi connectivity index (χ4n) is 11.7. The van der Waals surface area contributed by atoms with Crippen LogP contribution >= 0.6 is 0 Å². The van der Waals surface area contributed by atoms with Crippen LogP contribution in [-0.2, 0) is 52.2 Å². The fourth-order valence-corrected chi connectivity index (χ4v) is 11.7. The van der Waals surface area contributed by atoms with Crippen molar-refractivity contribution in [2.75, 3.05) is 20.8 Å². The molecule has 0 unspecified atom stereocenters. The number of carbonyl (C=O) groups excluding carboxylic acids is 1. The lowest BCUT2D eigenvalue weighted by atomic mass is 9.71. The number of methoxy groups -OCH3 is 2. The first-order chi connectivity index (χ1) is 30.6.